The second-order valence-corrected chi connectivity index (χ2v) is 6.74. The quantitative estimate of drug-likeness (QED) is 0.539. The molecule has 9 heteroatoms. The van der Waals surface area contributed by atoms with Gasteiger partial charge in [0, 0.05) is 5.92 Å². The van der Waals surface area contributed by atoms with Crippen molar-refractivity contribution in [2.24, 2.45) is 0 Å². The van der Waals surface area contributed by atoms with Crippen molar-refractivity contribution in [1.29, 1.82) is 0 Å². The second kappa shape index (κ2) is 6.96. The van der Waals surface area contributed by atoms with Crippen LogP contribution in [0.2, 0.25) is 0 Å². The van der Waals surface area contributed by atoms with Gasteiger partial charge in [0.1, 0.15) is 12.9 Å². The zero-order valence-electron chi connectivity index (χ0n) is 15.5. The number of ether oxygens (including phenoxy) is 1. The van der Waals surface area contributed by atoms with Crippen molar-refractivity contribution in [1.82, 2.24) is 19.6 Å². The minimum absolute atomic E-state index is 0.0646. The Balaban J connectivity index is 1.35. The normalized spacial score (nSPS) is 12.4. The third-order valence-electron chi connectivity index (χ3n) is 5.09. The van der Waals surface area contributed by atoms with Gasteiger partial charge in [0.05, 0.1) is 6.20 Å². The van der Waals surface area contributed by atoms with Crippen LogP contribution in [0.5, 0.6) is 0 Å². The van der Waals surface area contributed by atoms with Crippen molar-refractivity contribution in [3.05, 3.63) is 77.9 Å². The highest BCUT2D eigenvalue weighted by atomic mass is 16.5. The van der Waals surface area contributed by atoms with E-state index in [9.17, 15) is 14.7 Å². The van der Waals surface area contributed by atoms with Crippen LogP contribution in [0.4, 0.5) is 10.6 Å². The summed E-state index contributed by atoms with van der Waals surface area (Å²) in [5.74, 6) is -1.19. The van der Waals surface area contributed by atoms with E-state index in [4.69, 9.17) is 4.74 Å². The first-order valence-electron chi connectivity index (χ1n) is 9.17. The fraction of sp³-hybridized carbons (Fsp3) is 0.0952. The van der Waals surface area contributed by atoms with Gasteiger partial charge in [-0.2, -0.15) is 5.10 Å². The summed E-state index contributed by atoms with van der Waals surface area (Å²) in [6, 6.07) is 16.1. The van der Waals surface area contributed by atoms with Gasteiger partial charge in [0.25, 0.3) is 0 Å². The number of fused-ring (bicyclic) bond motifs is 4. The lowest BCUT2D eigenvalue weighted by molar-refractivity contribution is 0.0688. The van der Waals surface area contributed by atoms with Crippen LogP contribution in [0.25, 0.3) is 16.8 Å². The largest absolute Gasteiger partial charge is 0.476 e. The van der Waals surface area contributed by atoms with E-state index in [1.165, 1.54) is 0 Å². The van der Waals surface area contributed by atoms with Crippen LogP contribution in [0, 0.1) is 0 Å². The fourth-order valence-electron chi connectivity index (χ4n) is 3.78. The van der Waals surface area contributed by atoms with Gasteiger partial charge in [0.15, 0.2) is 17.2 Å². The standard InChI is InChI=1S/C21H15N5O4/c27-20(28)17-9-22-19-18(23-11-24-26(17)19)25-21(29)30-10-16-14-7-3-1-5-12(14)13-6-2-4-8-15(13)16/h1-9,11,16H,10H2,(H,27,28)(H,23,24,25,29). The molecule has 0 fully saturated rings. The average Bonchev–Trinajstić information content (AvgIpc) is 3.33. The first-order valence-corrected chi connectivity index (χ1v) is 9.17. The van der Waals surface area contributed by atoms with E-state index in [1.54, 1.807) is 0 Å². The number of imidazole rings is 1. The van der Waals surface area contributed by atoms with Crippen molar-refractivity contribution >= 4 is 23.5 Å². The van der Waals surface area contributed by atoms with Crippen molar-refractivity contribution in [3.63, 3.8) is 0 Å². The summed E-state index contributed by atoms with van der Waals surface area (Å²) in [5.41, 5.74) is 4.47. The Hall–Kier alpha value is -4.27. The summed E-state index contributed by atoms with van der Waals surface area (Å²) in [7, 11) is 0. The van der Waals surface area contributed by atoms with Crippen LogP contribution in [0.1, 0.15) is 27.5 Å². The maximum absolute atomic E-state index is 12.4. The van der Waals surface area contributed by atoms with Gasteiger partial charge in [-0.25, -0.2) is 24.1 Å². The topological polar surface area (TPSA) is 119 Å². The first-order chi connectivity index (χ1) is 14.6. The van der Waals surface area contributed by atoms with Crippen molar-refractivity contribution in [3.8, 4) is 11.1 Å². The number of nitrogens with zero attached hydrogens (tertiary/aromatic N) is 4. The molecule has 0 aliphatic heterocycles. The van der Waals surface area contributed by atoms with Gasteiger partial charge in [-0.05, 0) is 22.3 Å². The molecule has 0 unspecified atom stereocenters. The third kappa shape index (κ3) is 2.84. The molecule has 0 saturated carbocycles. The van der Waals surface area contributed by atoms with E-state index >= 15 is 0 Å². The summed E-state index contributed by atoms with van der Waals surface area (Å²) in [6.45, 7) is 0.149. The highest BCUT2D eigenvalue weighted by Crippen LogP contribution is 2.44. The Morgan fingerprint density at radius 2 is 1.70 bits per heavy atom. The average molecular weight is 401 g/mol. The number of aromatic nitrogens is 4. The van der Waals surface area contributed by atoms with Crippen LogP contribution < -0.4 is 5.32 Å². The predicted octanol–water partition coefficient (Wildman–Crippen LogP) is 3.18. The molecular weight excluding hydrogens is 386 g/mol. The second-order valence-electron chi connectivity index (χ2n) is 6.74. The summed E-state index contributed by atoms with van der Waals surface area (Å²) in [5, 5.41) is 15.6. The number of nitrogens with one attached hydrogen (secondary N) is 1. The molecule has 4 aromatic rings. The lowest BCUT2D eigenvalue weighted by Crippen LogP contribution is -2.19. The van der Waals surface area contributed by atoms with E-state index in [0.717, 1.165) is 39.3 Å². The zero-order chi connectivity index (χ0) is 20.7. The lowest BCUT2D eigenvalue weighted by Gasteiger charge is -2.14. The number of carbonyl (C=O) groups is 2. The van der Waals surface area contributed by atoms with Gasteiger partial charge in [0.2, 0.25) is 0 Å². The van der Waals surface area contributed by atoms with Crippen molar-refractivity contribution < 1.29 is 19.4 Å². The SMILES string of the molecule is O=C(Nc1ncnn2c(C(=O)O)cnc12)OCC1c2ccccc2-c2ccccc21. The number of rotatable bonds is 4. The molecule has 0 saturated heterocycles. The van der Waals surface area contributed by atoms with Gasteiger partial charge in [-0.3, -0.25) is 5.32 Å². The van der Waals surface area contributed by atoms with Gasteiger partial charge in [-0.15, -0.1) is 0 Å². The molecule has 30 heavy (non-hydrogen) atoms. The summed E-state index contributed by atoms with van der Waals surface area (Å²) >= 11 is 0. The van der Waals surface area contributed by atoms with Gasteiger partial charge in [-0.1, -0.05) is 48.5 Å². The Bertz CT molecular complexity index is 1250. The molecule has 2 N–H and O–H groups in total. The molecular formula is C21H15N5O4. The van der Waals surface area contributed by atoms with Crippen LogP contribution >= 0.6 is 0 Å². The lowest BCUT2D eigenvalue weighted by atomic mass is 9.98. The Kier molecular flexibility index (Phi) is 4.13. The molecule has 2 aromatic heterocycles. The number of anilines is 1. The predicted molar refractivity (Wildman–Crippen MR) is 106 cm³/mol. The molecule has 1 aliphatic carbocycles. The van der Waals surface area contributed by atoms with Crippen molar-refractivity contribution in [2.45, 2.75) is 5.92 Å². The molecule has 1 amide bonds. The monoisotopic (exact) mass is 401 g/mol. The maximum Gasteiger partial charge on any atom is 0.412 e. The molecule has 9 nitrogen and oxygen atoms in total. The Morgan fingerprint density at radius 3 is 2.37 bits per heavy atom. The minimum Gasteiger partial charge on any atom is -0.476 e. The number of amides is 1. The third-order valence-corrected chi connectivity index (χ3v) is 5.09. The highest BCUT2D eigenvalue weighted by Gasteiger charge is 2.29. The number of aromatic carboxylic acids is 1. The summed E-state index contributed by atoms with van der Waals surface area (Å²) < 4.78 is 6.57. The number of benzene rings is 2. The number of hydrogen-bond acceptors (Lipinski definition) is 6. The summed E-state index contributed by atoms with van der Waals surface area (Å²) in [6.07, 6.45) is 1.58. The zero-order valence-corrected chi connectivity index (χ0v) is 15.5. The molecule has 0 radical (unpaired) electrons. The van der Waals surface area contributed by atoms with Crippen LogP contribution in [-0.2, 0) is 4.74 Å². The number of carboxylic acid groups (broad SMARTS) is 1. The smallest absolute Gasteiger partial charge is 0.412 e. The van der Waals surface area contributed by atoms with E-state index in [-0.39, 0.29) is 29.7 Å². The molecule has 148 valence electrons. The van der Waals surface area contributed by atoms with E-state index < -0.39 is 12.1 Å². The molecule has 0 atom stereocenters. The van der Waals surface area contributed by atoms with E-state index in [2.05, 4.69) is 32.5 Å². The first kappa shape index (κ1) is 17.8. The van der Waals surface area contributed by atoms with E-state index in [1.807, 2.05) is 36.4 Å². The minimum atomic E-state index is -1.19. The van der Waals surface area contributed by atoms with E-state index in [0.29, 0.717) is 0 Å². The van der Waals surface area contributed by atoms with Crippen LogP contribution in [0.3, 0.4) is 0 Å². The molecule has 2 aromatic carbocycles. The maximum atomic E-state index is 12.4. The molecule has 2 heterocycles. The van der Waals surface area contributed by atoms with Gasteiger partial charge < -0.3 is 9.84 Å². The van der Waals surface area contributed by atoms with Crippen molar-refractivity contribution in [2.75, 3.05) is 11.9 Å². The Labute approximate surface area is 170 Å². The molecule has 5 rings (SSSR count). The number of hydrogen-bond donors (Lipinski definition) is 2. The number of carboxylic acids is 1. The molecule has 0 bridgehead atoms. The summed E-state index contributed by atoms with van der Waals surface area (Å²) in [4.78, 5) is 31.6. The number of carbonyl (C=O) groups excluding carboxylic acids is 1. The fourth-order valence-corrected chi connectivity index (χ4v) is 3.78. The molecule has 0 spiro atoms. The van der Waals surface area contributed by atoms with Gasteiger partial charge >= 0.3 is 12.1 Å². The molecule has 1 aliphatic rings. The van der Waals surface area contributed by atoms with Crippen LogP contribution in [-0.4, -0.2) is 43.4 Å². The highest BCUT2D eigenvalue weighted by molar-refractivity contribution is 5.90. The Morgan fingerprint density at radius 1 is 1.03 bits per heavy atom. The van der Waals surface area contributed by atoms with Crippen LogP contribution in [0.15, 0.2) is 61.1 Å².